The maximum atomic E-state index is 3.83. The molecular formula is C8H11Br. The molecule has 1 spiro atoms. The predicted octanol–water partition coefficient (Wildman–Crippen LogP) is 2.71. The molecule has 1 heteroatoms. The van der Waals surface area contributed by atoms with Crippen molar-refractivity contribution in [3.63, 3.8) is 0 Å². The van der Waals surface area contributed by atoms with Crippen molar-refractivity contribution in [2.45, 2.75) is 36.4 Å². The molecule has 9 heavy (non-hydrogen) atoms. The average molecular weight is 187 g/mol. The van der Waals surface area contributed by atoms with Crippen LogP contribution in [-0.4, -0.2) is 4.32 Å². The molecule has 0 heterocycles. The van der Waals surface area contributed by atoms with Gasteiger partial charge in [0.05, 0.1) is 0 Å². The second-order valence-corrected chi connectivity index (χ2v) is 5.73. The van der Waals surface area contributed by atoms with E-state index < -0.39 is 0 Å². The Morgan fingerprint density at radius 3 is 2.11 bits per heavy atom. The molecule has 0 aromatic heterocycles. The normalized spacial score (nSPS) is 47.0. The van der Waals surface area contributed by atoms with Crippen LogP contribution in [0.1, 0.15) is 32.1 Å². The number of hydrogen-bond acceptors (Lipinski definition) is 0. The first-order valence-corrected chi connectivity index (χ1v) is 4.74. The Kier molecular flexibility index (Phi) is 0.650. The van der Waals surface area contributed by atoms with Crippen LogP contribution in [0.25, 0.3) is 0 Å². The van der Waals surface area contributed by atoms with Gasteiger partial charge in [0, 0.05) is 4.32 Å². The Labute approximate surface area is 64.1 Å². The molecule has 1 unspecified atom stereocenters. The van der Waals surface area contributed by atoms with Crippen LogP contribution < -0.4 is 0 Å². The van der Waals surface area contributed by atoms with Gasteiger partial charge in [-0.05, 0) is 43.4 Å². The van der Waals surface area contributed by atoms with E-state index in [1.54, 1.807) is 19.3 Å². The molecule has 3 fully saturated rings. The largest absolute Gasteiger partial charge is 0.0850 e. The van der Waals surface area contributed by atoms with Crippen molar-refractivity contribution < 1.29 is 0 Å². The van der Waals surface area contributed by atoms with Gasteiger partial charge in [0.1, 0.15) is 0 Å². The standard InChI is InChI=1S/C8H11Br/c9-8(3-4-8)6-5-7(6)1-2-7/h6H,1-5H2. The summed E-state index contributed by atoms with van der Waals surface area (Å²) in [5, 5.41) is 0. The molecule has 3 aliphatic carbocycles. The molecule has 0 bridgehead atoms. The monoisotopic (exact) mass is 186 g/mol. The topological polar surface area (TPSA) is 0 Å². The molecule has 0 aromatic rings. The maximum Gasteiger partial charge on any atom is 0.0292 e. The lowest BCUT2D eigenvalue weighted by atomic mass is 10.2. The zero-order valence-corrected chi connectivity index (χ0v) is 7.08. The fraction of sp³-hybridized carbons (Fsp3) is 1.00. The van der Waals surface area contributed by atoms with Gasteiger partial charge in [0.2, 0.25) is 0 Å². The first-order valence-electron chi connectivity index (χ1n) is 3.94. The van der Waals surface area contributed by atoms with E-state index in [0.717, 1.165) is 11.3 Å². The van der Waals surface area contributed by atoms with E-state index in [4.69, 9.17) is 0 Å². The fourth-order valence-corrected chi connectivity index (χ4v) is 3.11. The summed E-state index contributed by atoms with van der Waals surface area (Å²) in [6, 6.07) is 0. The van der Waals surface area contributed by atoms with Crippen LogP contribution in [0.4, 0.5) is 0 Å². The van der Waals surface area contributed by atoms with Gasteiger partial charge >= 0.3 is 0 Å². The molecule has 0 amide bonds. The minimum Gasteiger partial charge on any atom is -0.0850 e. The summed E-state index contributed by atoms with van der Waals surface area (Å²) in [6.07, 6.45) is 7.56. The van der Waals surface area contributed by atoms with Crippen molar-refractivity contribution >= 4 is 15.9 Å². The SMILES string of the molecule is BrC1(C2CC23CC3)CC1. The second kappa shape index (κ2) is 1.13. The number of hydrogen-bond donors (Lipinski definition) is 0. The van der Waals surface area contributed by atoms with Gasteiger partial charge in [-0.25, -0.2) is 0 Å². The van der Waals surface area contributed by atoms with Crippen LogP contribution in [0, 0.1) is 11.3 Å². The van der Waals surface area contributed by atoms with Crippen LogP contribution >= 0.6 is 15.9 Å². The molecule has 0 aromatic carbocycles. The first kappa shape index (κ1) is 5.17. The highest BCUT2D eigenvalue weighted by Gasteiger charge is 2.71. The quantitative estimate of drug-likeness (QED) is 0.553. The molecule has 1 atom stereocenters. The van der Waals surface area contributed by atoms with Crippen molar-refractivity contribution in [3.05, 3.63) is 0 Å². The third-order valence-electron chi connectivity index (χ3n) is 3.43. The summed E-state index contributed by atoms with van der Waals surface area (Å²) < 4.78 is 0.670. The minimum absolute atomic E-state index is 0.670. The van der Waals surface area contributed by atoms with Crippen LogP contribution in [0.3, 0.4) is 0 Å². The molecule has 3 aliphatic rings. The molecule has 0 N–H and O–H groups in total. The minimum atomic E-state index is 0.670. The smallest absolute Gasteiger partial charge is 0.0292 e. The van der Waals surface area contributed by atoms with Crippen LogP contribution in [-0.2, 0) is 0 Å². The first-order chi connectivity index (χ1) is 4.25. The summed E-state index contributed by atoms with van der Waals surface area (Å²) >= 11 is 3.83. The van der Waals surface area contributed by atoms with Crippen molar-refractivity contribution in [3.8, 4) is 0 Å². The lowest BCUT2D eigenvalue weighted by Crippen LogP contribution is -2.01. The van der Waals surface area contributed by atoms with Crippen LogP contribution in [0.5, 0.6) is 0 Å². The number of halogens is 1. The summed E-state index contributed by atoms with van der Waals surface area (Å²) in [4.78, 5) is 0. The number of alkyl halides is 1. The lowest BCUT2D eigenvalue weighted by Gasteiger charge is -2.01. The van der Waals surface area contributed by atoms with Crippen LogP contribution in [0.2, 0.25) is 0 Å². The van der Waals surface area contributed by atoms with Gasteiger partial charge in [0.25, 0.3) is 0 Å². The molecule has 50 valence electrons. The van der Waals surface area contributed by atoms with Gasteiger partial charge in [0.15, 0.2) is 0 Å². The second-order valence-electron chi connectivity index (χ2n) is 4.15. The number of rotatable bonds is 1. The van der Waals surface area contributed by atoms with E-state index >= 15 is 0 Å². The van der Waals surface area contributed by atoms with E-state index in [2.05, 4.69) is 15.9 Å². The zero-order chi connectivity index (χ0) is 6.11. The predicted molar refractivity (Wildman–Crippen MR) is 40.7 cm³/mol. The average Bonchev–Trinajstić information content (AvgIpc) is 2.61. The summed E-state index contributed by atoms with van der Waals surface area (Å²) in [5.74, 6) is 1.10. The molecule has 0 radical (unpaired) electrons. The van der Waals surface area contributed by atoms with E-state index in [1.165, 1.54) is 12.8 Å². The Morgan fingerprint density at radius 2 is 1.78 bits per heavy atom. The third kappa shape index (κ3) is 0.548. The van der Waals surface area contributed by atoms with Crippen molar-refractivity contribution in [2.24, 2.45) is 11.3 Å². The highest BCUT2D eigenvalue weighted by Crippen LogP contribution is 2.79. The van der Waals surface area contributed by atoms with Gasteiger partial charge in [-0.1, -0.05) is 15.9 Å². The van der Waals surface area contributed by atoms with E-state index in [0.29, 0.717) is 4.32 Å². The molecule has 0 nitrogen and oxygen atoms in total. The summed E-state index contributed by atoms with van der Waals surface area (Å²) in [7, 11) is 0. The van der Waals surface area contributed by atoms with Gasteiger partial charge in [-0.2, -0.15) is 0 Å². The Hall–Kier alpha value is 0.480. The van der Waals surface area contributed by atoms with Gasteiger partial charge < -0.3 is 0 Å². The van der Waals surface area contributed by atoms with Crippen molar-refractivity contribution in [1.82, 2.24) is 0 Å². The summed E-state index contributed by atoms with van der Waals surface area (Å²) in [6.45, 7) is 0. The highest BCUT2D eigenvalue weighted by atomic mass is 79.9. The Balaban J connectivity index is 1.83. The highest BCUT2D eigenvalue weighted by molar-refractivity contribution is 9.10. The lowest BCUT2D eigenvalue weighted by molar-refractivity contribution is 0.672. The molecule has 0 saturated heterocycles. The Morgan fingerprint density at radius 1 is 1.11 bits per heavy atom. The molecular weight excluding hydrogens is 176 g/mol. The maximum absolute atomic E-state index is 3.83. The zero-order valence-electron chi connectivity index (χ0n) is 5.49. The summed E-state index contributed by atoms with van der Waals surface area (Å²) in [5.41, 5.74) is 0.917. The van der Waals surface area contributed by atoms with Crippen molar-refractivity contribution in [1.29, 1.82) is 0 Å². The van der Waals surface area contributed by atoms with Gasteiger partial charge in [-0.3, -0.25) is 0 Å². The van der Waals surface area contributed by atoms with Gasteiger partial charge in [-0.15, -0.1) is 0 Å². The van der Waals surface area contributed by atoms with Crippen LogP contribution in [0.15, 0.2) is 0 Å². The van der Waals surface area contributed by atoms with E-state index in [1.807, 2.05) is 0 Å². The van der Waals surface area contributed by atoms with E-state index in [-0.39, 0.29) is 0 Å². The fourth-order valence-electron chi connectivity index (χ4n) is 2.26. The third-order valence-corrected chi connectivity index (χ3v) is 4.78. The molecule has 3 saturated carbocycles. The van der Waals surface area contributed by atoms with E-state index in [9.17, 15) is 0 Å². The van der Waals surface area contributed by atoms with Crippen molar-refractivity contribution in [2.75, 3.05) is 0 Å². The Bertz CT molecular complexity index is 165. The molecule has 0 aliphatic heterocycles. The molecule has 3 rings (SSSR count).